The van der Waals surface area contributed by atoms with Crippen molar-refractivity contribution in [1.29, 1.82) is 0 Å². The predicted octanol–water partition coefficient (Wildman–Crippen LogP) is 2.43. The number of hydrogen-bond acceptors (Lipinski definition) is 5. The van der Waals surface area contributed by atoms with Crippen LogP contribution >= 0.6 is 11.3 Å². The first-order valence-corrected chi connectivity index (χ1v) is 8.94. The van der Waals surface area contributed by atoms with E-state index in [0.29, 0.717) is 6.04 Å². The zero-order chi connectivity index (χ0) is 16.3. The zero-order valence-electron chi connectivity index (χ0n) is 13.3. The third-order valence-corrected chi connectivity index (χ3v) is 6.05. The van der Waals surface area contributed by atoms with Crippen LogP contribution in [0.4, 0.5) is 5.82 Å². The number of aromatic nitrogens is 3. The molecule has 0 aliphatic carbocycles. The Balaban J connectivity index is 1.41. The zero-order valence-corrected chi connectivity index (χ0v) is 14.1. The molecule has 2 saturated heterocycles. The Hall–Kier alpha value is -2.41. The molecule has 1 N–H and O–H groups in total. The summed E-state index contributed by atoms with van der Waals surface area (Å²) in [7, 11) is 0. The van der Waals surface area contributed by atoms with Crippen molar-refractivity contribution in [3.05, 3.63) is 40.5 Å². The van der Waals surface area contributed by atoms with E-state index in [4.69, 9.17) is 0 Å². The SMILES string of the molecule is Cc1ccc(C(=O)N2C[C@@H]3C[C@H]2CN3c2ncnc3[nH]ccc23)s1. The molecule has 1 amide bonds. The largest absolute Gasteiger partial charge is 0.349 e. The molecule has 7 heteroatoms. The Morgan fingerprint density at radius 2 is 2.17 bits per heavy atom. The van der Waals surface area contributed by atoms with Gasteiger partial charge in [0.2, 0.25) is 0 Å². The number of piperazine rings is 1. The lowest BCUT2D eigenvalue weighted by atomic mass is 10.2. The third kappa shape index (κ3) is 1.97. The van der Waals surface area contributed by atoms with Gasteiger partial charge in [0.25, 0.3) is 5.91 Å². The van der Waals surface area contributed by atoms with E-state index < -0.39 is 0 Å². The van der Waals surface area contributed by atoms with Crippen LogP contribution in [0, 0.1) is 6.92 Å². The number of H-pyrrole nitrogens is 1. The number of rotatable bonds is 2. The average molecular weight is 339 g/mol. The van der Waals surface area contributed by atoms with Crippen LogP contribution in [-0.4, -0.2) is 50.9 Å². The van der Waals surface area contributed by atoms with E-state index in [0.717, 1.165) is 41.2 Å². The van der Waals surface area contributed by atoms with E-state index in [9.17, 15) is 4.79 Å². The van der Waals surface area contributed by atoms with Crippen LogP contribution in [0.15, 0.2) is 30.7 Å². The number of fused-ring (bicyclic) bond motifs is 3. The number of amides is 1. The minimum absolute atomic E-state index is 0.176. The number of aryl methyl sites for hydroxylation is 1. The summed E-state index contributed by atoms with van der Waals surface area (Å²) in [6.07, 6.45) is 4.52. The number of carbonyl (C=O) groups excluding carboxylic acids is 1. The smallest absolute Gasteiger partial charge is 0.264 e. The van der Waals surface area contributed by atoms with E-state index in [1.54, 1.807) is 17.7 Å². The van der Waals surface area contributed by atoms with Gasteiger partial charge in [0.1, 0.15) is 17.8 Å². The molecule has 0 radical (unpaired) electrons. The number of aromatic amines is 1. The molecule has 2 bridgehead atoms. The first kappa shape index (κ1) is 14.0. The monoisotopic (exact) mass is 339 g/mol. The topological polar surface area (TPSA) is 65.1 Å². The fourth-order valence-electron chi connectivity index (χ4n) is 3.95. The standard InChI is InChI=1S/C17H17N5OS/c1-10-2-3-14(24-10)17(23)22-8-11-6-12(22)7-21(11)16-13-4-5-18-15(13)19-9-20-16/h2-5,9,11-12H,6-8H2,1H3,(H,18,19,20)/t11-,12-/m0/s1. The predicted molar refractivity (Wildman–Crippen MR) is 93.5 cm³/mol. The Kier molecular flexibility index (Phi) is 2.94. The summed E-state index contributed by atoms with van der Waals surface area (Å²) in [6, 6.07) is 6.59. The first-order valence-electron chi connectivity index (χ1n) is 8.13. The van der Waals surface area contributed by atoms with Crippen LogP contribution in [0.1, 0.15) is 21.0 Å². The highest BCUT2D eigenvalue weighted by atomic mass is 32.1. The number of hydrogen-bond donors (Lipinski definition) is 1. The summed E-state index contributed by atoms with van der Waals surface area (Å²) < 4.78 is 0. The molecule has 0 aromatic carbocycles. The van der Waals surface area contributed by atoms with Crippen molar-refractivity contribution in [3.63, 3.8) is 0 Å². The fourth-order valence-corrected chi connectivity index (χ4v) is 4.78. The van der Waals surface area contributed by atoms with E-state index in [2.05, 4.69) is 19.9 Å². The minimum Gasteiger partial charge on any atom is -0.349 e. The first-order chi connectivity index (χ1) is 11.7. The van der Waals surface area contributed by atoms with Gasteiger partial charge >= 0.3 is 0 Å². The van der Waals surface area contributed by atoms with E-state index >= 15 is 0 Å². The van der Waals surface area contributed by atoms with E-state index in [-0.39, 0.29) is 11.9 Å². The molecule has 0 saturated carbocycles. The Labute approximate surface area is 143 Å². The fraction of sp³-hybridized carbons (Fsp3) is 0.353. The molecular weight excluding hydrogens is 322 g/mol. The molecule has 3 aromatic rings. The molecule has 5 heterocycles. The van der Waals surface area contributed by atoms with Crippen LogP contribution in [0.2, 0.25) is 0 Å². The molecule has 0 spiro atoms. The quantitative estimate of drug-likeness (QED) is 0.779. The maximum absolute atomic E-state index is 12.8. The van der Waals surface area contributed by atoms with Crippen molar-refractivity contribution in [1.82, 2.24) is 19.9 Å². The maximum Gasteiger partial charge on any atom is 0.264 e. The minimum atomic E-state index is 0.176. The van der Waals surface area contributed by atoms with Crippen molar-refractivity contribution < 1.29 is 4.79 Å². The van der Waals surface area contributed by atoms with Crippen LogP contribution in [-0.2, 0) is 0 Å². The van der Waals surface area contributed by atoms with Crippen LogP contribution in [0.25, 0.3) is 11.0 Å². The van der Waals surface area contributed by atoms with Crippen molar-refractivity contribution >= 4 is 34.1 Å². The summed E-state index contributed by atoms with van der Waals surface area (Å²) in [5.74, 6) is 1.16. The molecule has 2 aliphatic heterocycles. The molecule has 24 heavy (non-hydrogen) atoms. The summed E-state index contributed by atoms with van der Waals surface area (Å²) in [5, 5.41) is 1.05. The van der Waals surface area contributed by atoms with Crippen molar-refractivity contribution in [3.8, 4) is 0 Å². The second-order valence-electron chi connectivity index (χ2n) is 6.50. The van der Waals surface area contributed by atoms with E-state index in [1.165, 1.54) is 4.88 Å². The lowest BCUT2D eigenvalue weighted by molar-refractivity contribution is 0.0730. The third-order valence-electron chi connectivity index (χ3n) is 5.06. The molecule has 3 aromatic heterocycles. The highest BCUT2D eigenvalue weighted by molar-refractivity contribution is 7.13. The van der Waals surface area contributed by atoms with Crippen molar-refractivity contribution in [2.75, 3.05) is 18.0 Å². The van der Waals surface area contributed by atoms with Gasteiger partial charge in [0.15, 0.2) is 0 Å². The van der Waals surface area contributed by atoms with Crippen molar-refractivity contribution in [2.24, 2.45) is 0 Å². The van der Waals surface area contributed by atoms with Gasteiger partial charge in [0.05, 0.1) is 22.3 Å². The second-order valence-corrected chi connectivity index (χ2v) is 7.79. The van der Waals surface area contributed by atoms with Crippen LogP contribution in [0.5, 0.6) is 0 Å². The highest BCUT2D eigenvalue weighted by Gasteiger charge is 2.46. The summed E-state index contributed by atoms with van der Waals surface area (Å²) in [6.45, 7) is 3.66. The molecule has 2 aliphatic rings. The van der Waals surface area contributed by atoms with Gasteiger partial charge in [-0.2, -0.15) is 0 Å². The van der Waals surface area contributed by atoms with Gasteiger partial charge in [0, 0.05) is 24.2 Å². The molecular formula is C17H17N5OS. The van der Waals surface area contributed by atoms with E-state index in [1.807, 2.05) is 36.2 Å². The highest BCUT2D eigenvalue weighted by Crippen LogP contribution is 2.37. The number of nitrogens with one attached hydrogen (secondary N) is 1. The molecule has 2 fully saturated rings. The van der Waals surface area contributed by atoms with Gasteiger partial charge in [-0.25, -0.2) is 9.97 Å². The number of anilines is 1. The molecule has 0 unspecified atom stereocenters. The molecule has 6 nitrogen and oxygen atoms in total. The van der Waals surface area contributed by atoms with Crippen molar-refractivity contribution in [2.45, 2.75) is 25.4 Å². The molecule has 2 atom stereocenters. The number of nitrogens with zero attached hydrogens (tertiary/aromatic N) is 4. The lowest BCUT2D eigenvalue weighted by Crippen LogP contribution is -2.49. The second kappa shape index (κ2) is 5.04. The van der Waals surface area contributed by atoms with Gasteiger partial charge in [-0.1, -0.05) is 0 Å². The van der Waals surface area contributed by atoms with Crippen LogP contribution < -0.4 is 4.90 Å². The summed E-state index contributed by atoms with van der Waals surface area (Å²) in [5.41, 5.74) is 0.866. The lowest BCUT2D eigenvalue weighted by Gasteiger charge is -2.34. The molecule has 122 valence electrons. The Bertz CT molecular complexity index is 932. The summed E-state index contributed by atoms with van der Waals surface area (Å²) >= 11 is 1.58. The molecule has 5 rings (SSSR count). The summed E-state index contributed by atoms with van der Waals surface area (Å²) in [4.78, 5) is 31.1. The number of carbonyl (C=O) groups is 1. The van der Waals surface area contributed by atoms with Crippen LogP contribution in [0.3, 0.4) is 0 Å². The Morgan fingerprint density at radius 3 is 2.92 bits per heavy atom. The van der Waals surface area contributed by atoms with Gasteiger partial charge in [-0.05, 0) is 31.5 Å². The normalized spacial score (nSPS) is 22.7. The maximum atomic E-state index is 12.8. The number of thiophene rings is 1. The Morgan fingerprint density at radius 1 is 1.25 bits per heavy atom. The van der Waals surface area contributed by atoms with Gasteiger partial charge in [-0.15, -0.1) is 11.3 Å². The average Bonchev–Trinajstić information content (AvgIpc) is 3.35. The van der Waals surface area contributed by atoms with Gasteiger partial charge in [-0.3, -0.25) is 4.79 Å². The number of likely N-dealkylation sites (tertiary alicyclic amines) is 1. The van der Waals surface area contributed by atoms with Gasteiger partial charge < -0.3 is 14.8 Å².